The summed E-state index contributed by atoms with van der Waals surface area (Å²) >= 11 is 0. The maximum absolute atomic E-state index is 12.9. The normalized spacial score (nSPS) is 20.5. The number of esters is 1. The fourth-order valence-corrected chi connectivity index (χ4v) is 5.06. The Balaban J connectivity index is 1.96. The number of carbonyl (C=O) groups is 2. The molecule has 7 nitrogen and oxygen atoms in total. The number of benzene rings is 1. The number of ether oxygens (including phenoxy) is 1. The third-order valence-electron chi connectivity index (χ3n) is 4.75. The maximum Gasteiger partial charge on any atom is 0.338 e. The molecule has 0 unspecified atom stereocenters. The van der Waals surface area contributed by atoms with E-state index in [4.69, 9.17) is 4.74 Å². The van der Waals surface area contributed by atoms with E-state index in [0.29, 0.717) is 31.5 Å². The van der Waals surface area contributed by atoms with Crippen LogP contribution in [0.4, 0.5) is 0 Å². The van der Waals surface area contributed by atoms with Crippen LogP contribution in [-0.2, 0) is 19.6 Å². The number of nitrogens with zero attached hydrogens (tertiary/aromatic N) is 1. The molecular formula is C20H30N2O5S. The van der Waals surface area contributed by atoms with Crippen LogP contribution in [0, 0.1) is 11.8 Å². The van der Waals surface area contributed by atoms with Crippen molar-refractivity contribution in [2.75, 3.05) is 26.2 Å². The molecule has 0 saturated carbocycles. The predicted octanol–water partition coefficient (Wildman–Crippen LogP) is 2.43. The summed E-state index contributed by atoms with van der Waals surface area (Å²) in [5.41, 5.74) is 0.209. The number of hydrogen-bond acceptors (Lipinski definition) is 5. The summed E-state index contributed by atoms with van der Waals surface area (Å²) in [6.45, 7) is 7.32. The van der Waals surface area contributed by atoms with Crippen LogP contribution in [0.25, 0.3) is 0 Å². The van der Waals surface area contributed by atoms with E-state index in [0.717, 1.165) is 19.3 Å². The van der Waals surface area contributed by atoms with E-state index in [1.165, 1.54) is 28.6 Å². The van der Waals surface area contributed by atoms with Gasteiger partial charge >= 0.3 is 5.97 Å². The molecule has 1 aliphatic heterocycles. The molecule has 2 atom stereocenters. The molecule has 156 valence electrons. The summed E-state index contributed by atoms with van der Waals surface area (Å²) in [5.74, 6) is -0.378. The van der Waals surface area contributed by atoms with E-state index < -0.39 is 16.0 Å². The van der Waals surface area contributed by atoms with Crippen LogP contribution in [0.15, 0.2) is 29.2 Å². The molecule has 1 fully saturated rings. The van der Waals surface area contributed by atoms with E-state index in [1.54, 1.807) is 0 Å². The first-order valence-electron chi connectivity index (χ1n) is 9.78. The van der Waals surface area contributed by atoms with Crippen molar-refractivity contribution in [1.29, 1.82) is 0 Å². The monoisotopic (exact) mass is 410 g/mol. The number of piperidine rings is 1. The van der Waals surface area contributed by atoms with Gasteiger partial charge in [-0.3, -0.25) is 4.79 Å². The van der Waals surface area contributed by atoms with E-state index >= 15 is 0 Å². The van der Waals surface area contributed by atoms with Gasteiger partial charge < -0.3 is 10.1 Å². The molecule has 0 radical (unpaired) electrons. The fourth-order valence-electron chi connectivity index (χ4n) is 3.38. The molecule has 28 heavy (non-hydrogen) atoms. The third kappa shape index (κ3) is 6.04. The molecule has 1 aromatic rings. The van der Waals surface area contributed by atoms with Crippen molar-refractivity contribution < 1.29 is 22.7 Å². The molecule has 1 amide bonds. The second-order valence-electron chi connectivity index (χ2n) is 7.57. The highest BCUT2D eigenvalue weighted by Gasteiger charge is 2.31. The highest BCUT2D eigenvalue weighted by Crippen LogP contribution is 2.26. The number of carbonyl (C=O) groups excluding carboxylic acids is 2. The van der Waals surface area contributed by atoms with Crippen molar-refractivity contribution in [2.45, 2.75) is 44.9 Å². The van der Waals surface area contributed by atoms with Gasteiger partial charge in [0.2, 0.25) is 10.0 Å². The number of rotatable bonds is 8. The molecule has 0 aliphatic carbocycles. The van der Waals surface area contributed by atoms with Crippen molar-refractivity contribution in [3.8, 4) is 0 Å². The molecule has 1 N–H and O–H groups in total. The summed E-state index contributed by atoms with van der Waals surface area (Å²) < 4.78 is 32.2. The third-order valence-corrected chi connectivity index (χ3v) is 6.60. The fraction of sp³-hybridized carbons (Fsp3) is 0.600. The number of sulfonamides is 1. The van der Waals surface area contributed by atoms with Gasteiger partial charge in [0, 0.05) is 19.6 Å². The largest absolute Gasteiger partial charge is 0.452 e. The van der Waals surface area contributed by atoms with Gasteiger partial charge in [-0.25, -0.2) is 13.2 Å². The zero-order valence-corrected chi connectivity index (χ0v) is 17.6. The van der Waals surface area contributed by atoms with Crippen LogP contribution in [0.3, 0.4) is 0 Å². The van der Waals surface area contributed by atoms with Crippen molar-refractivity contribution in [3.63, 3.8) is 0 Å². The van der Waals surface area contributed by atoms with Gasteiger partial charge in [0.25, 0.3) is 5.91 Å². The Morgan fingerprint density at radius 2 is 1.75 bits per heavy atom. The van der Waals surface area contributed by atoms with Crippen molar-refractivity contribution in [1.82, 2.24) is 9.62 Å². The molecule has 0 spiro atoms. The molecule has 1 heterocycles. The first-order valence-corrected chi connectivity index (χ1v) is 11.2. The second-order valence-corrected chi connectivity index (χ2v) is 9.51. The minimum Gasteiger partial charge on any atom is -0.452 e. The minimum atomic E-state index is -3.59. The lowest BCUT2D eigenvalue weighted by atomic mass is 9.94. The lowest BCUT2D eigenvalue weighted by Gasteiger charge is -2.34. The lowest BCUT2D eigenvalue weighted by molar-refractivity contribution is -0.124. The minimum absolute atomic E-state index is 0.155. The van der Waals surface area contributed by atoms with E-state index in [-0.39, 0.29) is 23.0 Å². The summed E-state index contributed by atoms with van der Waals surface area (Å²) in [4.78, 5) is 23.8. The quantitative estimate of drug-likeness (QED) is 0.525. The highest BCUT2D eigenvalue weighted by atomic mass is 32.2. The van der Waals surface area contributed by atoms with Gasteiger partial charge in [0.15, 0.2) is 6.61 Å². The zero-order chi connectivity index (χ0) is 20.7. The standard InChI is InChI=1S/C20H30N2O5S/c1-4-5-10-21-19(23)14-27-20(24)17-6-8-18(9-7-17)28(25,26)22-12-15(2)11-16(3)13-22/h6-9,15-16H,4-5,10-14H2,1-3H3,(H,21,23)/t15-,16-/m1/s1. The van der Waals surface area contributed by atoms with Crippen LogP contribution in [-0.4, -0.2) is 50.8 Å². The smallest absolute Gasteiger partial charge is 0.338 e. The maximum atomic E-state index is 12.9. The van der Waals surface area contributed by atoms with Crippen LogP contribution in [0.1, 0.15) is 50.4 Å². The van der Waals surface area contributed by atoms with E-state index in [1.807, 2.05) is 6.92 Å². The Labute approximate surface area is 167 Å². The molecule has 2 rings (SSSR count). The van der Waals surface area contributed by atoms with Gasteiger partial charge in [-0.2, -0.15) is 4.31 Å². The Kier molecular flexibility index (Phi) is 8.00. The van der Waals surface area contributed by atoms with Crippen LogP contribution in [0.2, 0.25) is 0 Å². The molecule has 1 aromatic carbocycles. The van der Waals surface area contributed by atoms with Crippen LogP contribution < -0.4 is 5.32 Å². The van der Waals surface area contributed by atoms with Gasteiger partial charge in [-0.1, -0.05) is 27.2 Å². The average Bonchev–Trinajstić information content (AvgIpc) is 2.65. The zero-order valence-electron chi connectivity index (χ0n) is 16.8. The molecule has 1 saturated heterocycles. The molecule has 8 heteroatoms. The number of hydrogen-bond donors (Lipinski definition) is 1. The second kappa shape index (κ2) is 10.0. The van der Waals surface area contributed by atoms with Crippen molar-refractivity contribution >= 4 is 21.9 Å². The number of amides is 1. The van der Waals surface area contributed by atoms with Gasteiger partial charge in [0.1, 0.15) is 0 Å². The number of nitrogens with one attached hydrogen (secondary N) is 1. The Hall–Kier alpha value is -1.93. The molecule has 0 bridgehead atoms. The van der Waals surface area contributed by atoms with Crippen LogP contribution >= 0.6 is 0 Å². The van der Waals surface area contributed by atoms with E-state index in [9.17, 15) is 18.0 Å². The topological polar surface area (TPSA) is 92.8 Å². The summed E-state index contributed by atoms with van der Waals surface area (Å²) in [6, 6.07) is 5.66. The van der Waals surface area contributed by atoms with Crippen molar-refractivity contribution in [3.05, 3.63) is 29.8 Å². The van der Waals surface area contributed by atoms with Gasteiger partial charge in [-0.05, 0) is 48.9 Å². The first kappa shape index (κ1) is 22.4. The Morgan fingerprint density at radius 3 is 2.32 bits per heavy atom. The van der Waals surface area contributed by atoms with Gasteiger partial charge in [-0.15, -0.1) is 0 Å². The summed E-state index contributed by atoms with van der Waals surface area (Å²) in [5, 5.41) is 2.66. The SMILES string of the molecule is CCCCNC(=O)COC(=O)c1ccc(S(=O)(=O)N2C[C@H](C)C[C@@H](C)C2)cc1. The first-order chi connectivity index (χ1) is 13.2. The molecule has 1 aliphatic rings. The van der Waals surface area contributed by atoms with Gasteiger partial charge in [0.05, 0.1) is 10.5 Å². The Morgan fingerprint density at radius 1 is 1.14 bits per heavy atom. The molecule has 0 aromatic heterocycles. The molecular weight excluding hydrogens is 380 g/mol. The average molecular weight is 411 g/mol. The lowest BCUT2D eigenvalue weighted by Crippen LogP contribution is -2.42. The number of unbranched alkanes of at least 4 members (excludes halogenated alkanes) is 1. The summed E-state index contributed by atoms with van der Waals surface area (Å²) in [6.07, 6.45) is 2.84. The highest BCUT2D eigenvalue weighted by molar-refractivity contribution is 7.89. The van der Waals surface area contributed by atoms with Crippen molar-refractivity contribution in [2.24, 2.45) is 11.8 Å². The van der Waals surface area contributed by atoms with Crippen LogP contribution in [0.5, 0.6) is 0 Å². The Bertz CT molecular complexity index is 766. The predicted molar refractivity (Wildman–Crippen MR) is 106 cm³/mol. The summed E-state index contributed by atoms with van der Waals surface area (Å²) in [7, 11) is -3.59. The van der Waals surface area contributed by atoms with E-state index in [2.05, 4.69) is 19.2 Å².